The molecule has 0 radical (unpaired) electrons. The first-order valence-corrected chi connectivity index (χ1v) is 11.9. The molecule has 1 aliphatic rings. The second-order valence-electron chi connectivity index (χ2n) is 8.46. The maximum atomic E-state index is 13.2. The third-order valence-corrected chi connectivity index (χ3v) is 6.15. The number of carbonyl (C=O) groups excluding carboxylic acids is 2. The number of phenols is 1. The monoisotopic (exact) mass is 466 g/mol. The highest BCUT2D eigenvalue weighted by Gasteiger charge is 2.46. The van der Waals surface area contributed by atoms with Gasteiger partial charge in [0.25, 0.3) is 11.7 Å². The van der Waals surface area contributed by atoms with E-state index in [4.69, 9.17) is 4.74 Å². The normalized spacial score (nSPS) is 17.6. The fraction of sp³-hybridized carbons (Fsp3) is 0.407. The number of carbonyl (C=O) groups is 2. The molecule has 1 aliphatic heterocycles. The van der Waals surface area contributed by atoms with Gasteiger partial charge >= 0.3 is 0 Å². The molecule has 0 saturated carbocycles. The quantitative estimate of drug-likeness (QED) is 0.309. The van der Waals surface area contributed by atoms with Crippen molar-refractivity contribution in [2.24, 2.45) is 0 Å². The minimum absolute atomic E-state index is 0.0295. The van der Waals surface area contributed by atoms with Gasteiger partial charge in [-0.1, -0.05) is 44.5 Å². The topological polar surface area (TPSA) is 90.3 Å². The highest BCUT2D eigenvalue weighted by molar-refractivity contribution is 6.46. The first kappa shape index (κ1) is 25.3. The predicted octanol–water partition coefficient (Wildman–Crippen LogP) is 4.25. The van der Waals surface area contributed by atoms with Crippen molar-refractivity contribution in [2.75, 3.05) is 32.8 Å². The summed E-state index contributed by atoms with van der Waals surface area (Å²) in [6.45, 7) is 11.0. The zero-order chi connectivity index (χ0) is 24.8. The summed E-state index contributed by atoms with van der Waals surface area (Å²) in [5, 5.41) is 21.6. The second kappa shape index (κ2) is 11.2. The molecule has 34 heavy (non-hydrogen) atoms. The van der Waals surface area contributed by atoms with Crippen molar-refractivity contribution in [3.05, 3.63) is 64.7 Å². The summed E-state index contributed by atoms with van der Waals surface area (Å²) >= 11 is 0. The highest BCUT2D eigenvalue weighted by Crippen LogP contribution is 2.41. The number of rotatable bonds is 10. The second-order valence-corrected chi connectivity index (χ2v) is 8.46. The van der Waals surface area contributed by atoms with Gasteiger partial charge in [0, 0.05) is 13.1 Å². The van der Waals surface area contributed by atoms with Crippen molar-refractivity contribution < 1.29 is 24.5 Å². The summed E-state index contributed by atoms with van der Waals surface area (Å²) in [7, 11) is 0. The third kappa shape index (κ3) is 5.25. The van der Waals surface area contributed by atoms with E-state index in [1.165, 1.54) is 11.0 Å². The van der Waals surface area contributed by atoms with Crippen LogP contribution < -0.4 is 4.74 Å². The van der Waals surface area contributed by atoms with Gasteiger partial charge in [0.05, 0.1) is 23.8 Å². The lowest BCUT2D eigenvalue weighted by molar-refractivity contribution is -0.140. The Morgan fingerprint density at radius 1 is 1.09 bits per heavy atom. The molecule has 0 bridgehead atoms. The Balaban J connectivity index is 2.14. The predicted molar refractivity (Wildman–Crippen MR) is 132 cm³/mol. The number of aromatic hydroxyl groups is 1. The fourth-order valence-electron chi connectivity index (χ4n) is 4.23. The van der Waals surface area contributed by atoms with Crippen LogP contribution in [0.1, 0.15) is 49.9 Å². The molecule has 0 spiro atoms. The van der Waals surface area contributed by atoms with Gasteiger partial charge in [-0.05, 0) is 56.3 Å². The van der Waals surface area contributed by atoms with Crippen LogP contribution in [-0.4, -0.2) is 64.5 Å². The molecule has 1 saturated heterocycles. The van der Waals surface area contributed by atoms with E-state index in [2.05, 4.69) is 4.90 Å². The minimum Gasteiger partial charge on any atom is -0.507 e. The maximum absolute atomic E-state index is 13.2. The summed E-state index contributed by atoms with van der Waals surface area (Å²) in [5.41, 5.74) is 1.57. The molecule has 0 aliphatic carbocycles. The molecule has 7 heteroatoms. The Morgan fingerprint density at radius 3 is 2.50 bits per heavy atom. The first-order valence-electron chi connectivity index (χ1n) is 11.9. The Bertz CT molecular complexity index is 1070. The summed E-state index contributed by atoms with van der Waals surface area (Å²) in [6.07, 6.45) is 0.846. The van der Waals surface area contributed by atoms with E-state index in [1.807, 2.05) is 45.9 Å². The Kier molecular flexibility index (Phi) is 8.34. The number of benzene rings is 2. The number of aliphatic hydroxyl groups is 1. The number of hydrogen-bond donors (Lipinski definition) is 2. The largest absolute Gasteiger partial charge is 0.507 e. The number of phenolic OH excluding ortho intramolecular Hbond substituents is 1. The Hall–Kier alpha value is -3.32. The van der Waals surface area contributed by atoms with Gasteiger partial charge in [-0.15, -0.1) is 0 Å². The van der Waals surface area contributed by atoms with Crippen LogP contribution in [0, 0.1) is 6.92 Å². The van der Waals surface area contributed by atoms with Crippen molar-refractivity contribution in [1.29, 1.82) is 0 Å². The van der Waals surface area contributed by atoms with Crippen LogP contribution in [0.2, 0.25) is 0 Å². The molecule has 3 rings (SSSR count). The number of aliphatic hydroxyl groups excluding tert-OH is 1. The van der Waals surface area contributed by atoms with Crippen molar-refractivity contribution in [1.82, 2.24) is 9.80 Å². The van der Waals surface area contributed by atoms with Crippen molar-refractivity contribution >= 4 is 17.4 Å². The van der Waals surface area contributed by atoms with Gasteiger partial charge in [-0.2, -0.15) is 0 Å². The van der Waals surface area contributed by atoms with Crippen LogP contribution in [0.4, 0.5) is 0 Å². The van der Waals surface area contributed by atoms with E-state index in [9.17, 15) is 19.8 Å². The van der Waals surface area contributed by atoms with E-state index in [-0.39, 0.29) is 22.6 Å². The number of hydrogen-bond acceptors (Lipinski definition) is 6. The average Bonchev–Trinajstić information content (AvgIpc) is 3.09. The van der Waals surface area contributed by atoms with Gasteiger partial charge < -0.3 is 24.7 Å². The molecule has 182 valence electrons. The molecule has 7 nitrogen and oxygen atoms in total. The number of Topliss-reactive ketones (excluding diaryl/α,β-unsaturated/α-hetero) is 1. The van der Waals surface area contributed by atoms with E-state index >= 15 is 0 Å². The van der Waals surface area contributed by atoms with Crippen molar-refractivity contribution in [3.8, 4) is 11.5 Å². The van der Waals surface area contributed by atoms with Gasteiger partial charge in [-0.25, -0.2) is 0 Å². The molecule has 1 heterocycles. The number of likely N-dealkylation sites (tertiary alicyclic amines) is 1. The van der Waals surface area contributed by atoms with Gasteiger partial charge in [0.1, 0.15) is 17.3 Å². The molecule has 1 atom stereocenters. The van der Waals surface area contributed by atoms with Gasteiger partial charge in [0.15, 0.2) is 0 Å². The van der Waals surface area contributed by atoms with Crippen LogP contribution in [0.15, 0.2) is 48.0 Å². The van der Waals surface area contributed by atoms with Crippen LogP contribution in [0.5, 0.6) is 11.5 Å². The number of likely N-dealkylation sites (N-methyl/N-ethyl adjacent to an activating group) is 1. The van der Waals surface area contributed by atoms with E-state index in [0.717, 1.165) is 25.1 Å². The lowest BCUT2D eigenvalue weighted by Crippen LogP contribution is -2.38. The zero-order valence-corrected chi connectivity index (χ0v) is 20.4. The third-order valence-electron chi connectivity index (χ3n) is 6.15. The van der Waals surface area contributed by atoms with Crippen molar-refractivity contribution in [3.63, 3.8) is 0 Å². The molecule has 2 N–H and O–H groups in total. The van der Waals surface area contributed by atoms with Crippen LogP contribution >= 0.6 is 0 Å². The van der Waals surface area contributed by atoms with Crippen LogP contribution in [-0.2, 0) is 9.59 Å². The van der Waals surface area contributed by atoms with Crippen LogP contribution in [0.3, 0.4) is 0 Å². The molecular weight excluding hydrogens is 432 g/mol. The molecule has 1 fully saturated rings. The molecule has 1 unspecified atom stereocenters. The Labute approximate surface area is 201 Å². The summed E-state index contributed by atoms with van der Waals surface area (Å²) in [4.78, 5) is 30.0. The van der Waals surface area contributed by atoms with Crippen LogP contribution in [0.25, 0.3) is 5.76 Å². The average molecular weight is 467 g/mol. The van der Waals surface area contributed by atoms with E-state index in [1.54, 1.807) is 18.2 Å². The minimum atomic E-state index is -0.791. The zero-order valence-electron chi connectivity index (χ0n) is 20.4. The fourth-order valence-corrected chi connectivity index (χ4v) is 4.23. The lowest BCUT2D eigenvalue weighted by Gasteiger charge is -2.28. The number of ketones is 1. The summed E-state index contributed by atoms with van der Waals surface area (Å²) in [6, 6.07) is 11.3. The SMILES string of the molecule is CCCOc1cccc(C2C(=C(O)c3cc(C)ccc3O)C(=O)C(=O)N2CCN(CC)CC)c1. The lowest BCUT2D eigenvalue weighted by atomic mass is 9.94. The molecule has 0 aromatic heterocycles. The number of ether oxygens (including phenoxy) is 1. The summed E-state index contributed by atoms with van der Waals surface area (Å²) < 4.78 is 5.78. The van der Waals surface area contributed by atoms with E-state index in [0.29, 0.717) is 31.0 Å². The molecule has 2 aromatic rings. The number of amides is 1. The van der Waals surface area contributed by atoms with Gasteiger partial charge in [-0.3, -0.25) is 9.59 Å². The van der Waals surface area contributed by atoms with Gasteiger partial charge in [0.2, 0.25) is 0 Å². The molecule has 2 aromatic carbocycles. The molecule has 1 amide bonds. The maximum Gasteiger partial charge on any atom is 0.295 e. The standard InChI is InChI=1S/C27H34N2O5/c1-5-15-34-20-10-8-9-19(17-20)24-23(25(31)21-16-18(4)11-12-22(21)30)26(32)27(33)29(24)14-13-28(6-2)7-3/h8-12,16-17,24,30-31H,5-7,13-15H2,1-4H3. The smallest absolute Gasteiger partial charge is 0.295 e. The first-order chi connectivity index (χ1) is 16.3. The van der Waals surface area contributed by atoms with Crippen molar-refractivity contribution in [2.45, 2.75) is 40.2 Å². The Morgan fingerprint density at radius 2 is 1.82 bits per heavy atom. The number of nitrogens with zero attached hydrogens (tertiary/aromatic N) is 2. The highest BCUT2D eigenvalue weighted by atomic mass is 16.5. The summed E-state index contributed by atoms with van der Waals surface area (Å²) in [5.74, 6) is -1.33. The number of aryl methyl sites for hydroxylation is 1. The molecular formula is C27H34N2O5. The van der Waals surface area contributed by atoms with E-state index < -0.39 is 17.7 Å².